The molecule has 0 unspecified atom stereocenters. The molecule has 1 heterocycles. The number of aryl methyl sites for hydroxylation is 1. The summed E-state index contributed by atoms with van der Waals surface area (Å²) in [6.45, 7) is 2.73. The highest BCUT2D eigenvalue weighted by Gasteiger charge is 2.37. The maximum Gasteiger partial charge on any atom is 0.271 e. The molecule has 1 amide bonds. The molecule has 0 bridgehead atoms. The van der Waals surface area contributed by atoms with Gasteiger partial charge >= 0.3 is 0 Å². The number of carbonyl (C=O) groups is 1. The number of hydrogen-bond donors (Lipinski definition) is 2. The Kier molecular flexibility index (Phi) is 4.91. The van der Waals surface area contributed by atoms with Crippen LogP contribution < -0.4 is 5.32 Å². The van der Waals surface area contributed by atoms with Crippen molar-refractivity contribution in [1.29, 1.82) is 0 Å². The first-order valence-electron chi connectivity index (χ1n) is 7.46. The van der Waals surface area contributed by atoms with Crippen molar-refractivity contribution in [2.45, 2.75) is 50.0 Å². The largest absolute Gasteiger partial charge is 0.388 e. The van der Waals surface area contributed by atoms with Gasteiger partial charge in [-0.25, -0.2) is 8.42 Å². The summed E-state index contributed by atoms with van der Waals surface area (Å²) < 4.78 is 24.7. The van der Waals surface area contributed by atoms with Crippen molar-refractivity contribution < 1.29 is 18.3 Å². The van der Waals surface area contributed by atoms with Gasteiger partial charge in [0.05, 0.1) is 10.9 Å². The van der Waals surface area contributed by atoms with Gasteiger partial charge in [-0.2, -0.15) is 5.10 Å². The van der Waals surface area contributed by atoms with Gasteiger partial charge in [-0.3, -0.25) is 9.48 Å². The highest BCUT2D eigenvalue weighted by molar-refractivity contribution is 7.91. The molecule has 0 saturated heterocycles. The fourth-order valence-corrected chi connectivity index (χ4v) is 3.82. The second-order valence-corrected chi connectivity index (χ2v) is 8.32. The SMILES string of the molecule is CCn1ccc(C(=O)NC[C@]2(O)CC[C@@H](S(C)(=O)=O)CC2)n1. The van der Waals surface area contributed by atoms with Gasteiger partial charge in [0.1, 0.15) is 15.5 Å². The molecule has 0 aromatic carbocycles. The number of aromatic nitrogens is 2. The Morgan fingerprint density at radius 3 is 2.64 bits per heavy atom. The highest BCUT2D eigenvalue weighted by Crippen LogP contribution is 2.31. The lowest BCUT2D eigenvalue weighted by Crippen LogP contribution is -2.47. The third kappa shape index (κ3) is 4.07. The number of sulfone groups is 1. The quantitative estimate of drug-likeness (QED) is 0.812. The standard InChI is InChI=1S/C14H23N3O4S/c1-3-17-9-6-12(16-17)13(18)15-10-14(19)7-4-11(5-8-14)22(2,20)21/h6,9,11,19H,3-5,7-8,10H2,1-2H3,(H,15,18)/t11-,14+. The summed E-state index contributed by atoms with van der Waals surface area (Å²) in [5.41, 5.74) is -0.722. The van der Waals surface area contributed by atoms with Crippen molar-refractivity contribution >= 4 is 15.7 Å². The molecule has 1 aliphatic carbocycles. The van der Waals surface area contributed by atoms with Crippen molar-refractivity contribution in [2.24, 2.45) is 0 Å². The van der Waals surface area contributed by atoms with E-state index in [9.17, 15) is 18.3 Å². The maximum atomic E-state index is 12.0. The predicted octanol–water partition coefficient (Wildman–Crippen LogP) is 0.351. The van der Waals surface area contributed by atoms with Crippen molar-refractivity contribution in [1.82, 2.24) is 15.1 Å². The van der Waals surface area contributed by atoms with Gasteiger partial charge < -0.3 is 10.4 Å². The number of amides is 1. The summed E-state index contributed by atoms with van der Waals surface area (Å²) >= 11 is 0. The summed E-state index contributed by atoms with van der Waals surface area (Å²) in [6, 6.07) is 1.63. The van der Waals surface area contributed by atoms with Gasteiger partial charge in [0.25, 0.3) is 5.91 Å². The van der Waals surface area contributed by atoms with E-state index in [0.717, 1.165) is 0 Å². The van der Waals surface area contributed by atoms with E-state index in [-0.39, 0.29) is 17.7 Å². The lowest BCUT2D eigenvalue weighted by molar-refractivity contribution is 0.00606. The van der Waals surface area contributed by atoms with Crippen molar-refractivity contribution in [3.05, 3.63) is 18.0 Å². The minimum absolute atomic E-state index is 0.112. The Labute approximate surface area is 130 Å². The third-order valence-corrected chi connectivity index (χ3v) is 5.93. The fraction of sp³-hybridized carbons (Fsp3) is 0.714. The molecule has 7 nitrogen and oxygen atoms in total. The molecule has 2 N–H and O–H groups in total. The molecular formula is C14H23N3O4S. The average Bonchev–Trinajstić information content (AvgIpc) is 2.93. The normalized spacial score (nSPS) is 25.9. The zero-order valence-electron chi connectivity index (χ0n) is 12.9. The summed E-state index contributed by atoms with van der Waals surface area (Å²) in [5.74, 6) is -0.328. The van der Waals surface area contributed by atoms with Crippen LogP contribution in [-0.2, 0) is 16.4 Å². The molecule has 1 aromatic heterocycles. The van der Waals surface area contributed by atoms with Crippen LogP contribution in [0.1, 0.15) is 43.1 Å². The fourth-order valence-electron chi connectivity index (χ4n) is 2.73. The van der Waals surface area contributed by atoms with Gasteiger partial charge in [-0.05, 0) is 38.7 Å². The second kappa shape index (κ2) is 6.37. The van der Waals surface area contributed by atoms with E-state index in [1.165, 1.54) is 6.26 Å². The first-order chi connectivity index (χ1) is 10.2. The van der Waals surface area contributed by atoms with Gasteiger partial charge in [0, 0.05) is 25.5 Å². The molecule has 1 saturated carbocycles. The van der Waals surface area contributed by atoms with Gasteiger partial charge in [0.15, 0.2) is 0 Å². The first-order valence-corrected chi connectivity index (χ1v) is 9.42. The van der Waals surface area contributed by atoms with Crippen molar-refractivity contribution in [3.8, 4) is 0 Å². The Balaban J connectivity index is 1.87. The lowest BCUT2D eigenvalue weighted by Gasteiger charge is -2.35. The molecule has 1 fully saturated rings. The minimum Gasteiger partial charge on any atom is -0.388 e. The summed E-state index contributed by atoms with van der Waals surface area (Å²) in [5, 5.41) is 16.9. The van der Waals surface area contributed by atoms with E-state index in [4.69, 9.17) is 0 Å². The van der Waals surface area contributed by atoms with Crippen molar-refractivity contribution in [2.75, 3.05) is 12.8 Å². The van der Waals surface area contributed by atoms with Gasteiger partial charge in [0.2, 0.25) is 0 Å². The Hall–Kier alpha value is -1.41. The molecular weight excluding hydrogens is 306 g/mol. The molecule has 22 heavy (non-hydrogen) atoms. The highest BCUT2D eigenvalue weighted by atomic mass is 32.2. The van der Waals surface area contributed by atoms with E-state index in [1.807, 2.05) is 6.92 Å². The van der Waals surface area contributed by atoms with E-state index in [0.29, 0.717) is 37.9 Å². The van der Waals surface area contributed by atoms with Crippen LogP contribution in [0.4, 0.5) is 0 Å². The number of nitrogens with one attached hydrogen (secondary N) is 1. The Morgan fingerprint density at radius 1 is 1.50 bits per heavy atom. The van der Waals surface area contributed by atoms with Crippen LogP contribution in [0.5, 0.6) is 0 Å². The second-order valence-electron chi connectivity index (χ2n) is 5.99. The Morgan fingerprint density at radius 2 is 2.14 bits per heavy atom. The first kappa shape index (κ1) is 17.0. The monoisotopic (exact) mass is 329 g/mol. The summed E-state index contributed by atoms with van der Waals surface area (Å²) in [7, 11) is -3.06. The number of carbonyl (C=O) groups excluding carboxylic acids is 1. The average molecular weight is 329 g/mol. The molecule has 2 rings (SSSR count). The molecule has 1 aliphatic rings. The smallest absolute Gasteiger partial charge is 0.271 e. The summed E-state index contributed by atoms with van der Waals surface area (Å²) in [6.07, 6.45) is 4.54. The zero-order valence-corrected chi connectivity index (χ0v) is 13.8. The third-order valence-electron chi connectivity index (χ3n) is 4.24. The number of aliphatic hydroxyl groups is 1. The van der Waals surface area contributed by atoms with E-state index in [1.54, 1.807) is 16.9 Å². The molecule has 124 valence electrons. The molecule has 0 atom stereocenters. The molecule has 8 heteroatoms. The van der Waals surface area contributed by atoms with Crippen LogP contribution in [-0.4, -0.2) is 52.9 Å². The Bertz CT molecular complexity index is 630. The molecule has 0 aliphatic heterocycles. The van der Waals surface area contributed by atoms with E-state index < -0.39 is 15.4 Å². The van der Waals surface area contributed by atoms with Gasteiger partial charge in [-0.15, -0.1) is 0 Å². The maximum absolute atomic E-state index is 12.0. The lowest BCUT2D eigenvalue weighted by atomic mass is 9.84. The van der Waals surface area contributed by atoms with Crippen LogP contribution in [0.25, 0.3) is 0 Å². The van der Waals surface area contributed by atoms with Crippen LogP contribution >= 0.6 is 0 Å². The summed E-state index contributed by atoms with van der Waals surface area (Å²) in [4.78, 5) is 12.0. The number of rotatable bonds is 5. The number of hydrogen-bond acceptors (Lipinski definition) is 5. The molecule has 1 aromatic rings. The predicted molar refractivity (Wildman–Crippen MR) is 82.3 cm³/mol. The zero-order chi connectivity index (χ0) is 16.4. The van der Waals surface area contributed by atoms with E-state index in [2.05, 4.69) is 10.4 Å². The minimum atomic E-state index is -3.06. The molecule has 0 radical (unpaired) electrons. The molecule has 0 spiro atoms. The van der Waals surface area contributed by atoms with Crippen LogP contribution in [0.3, 0.4) is 0 Å². The van der Waals surface area contributed by atoms with Crippen LogP contribution in [0.15, 0.2) is 12.3 Å². The number of nitrogens with zero attached hydrogens (tertiary/aromatic N) is 2. The van der Waals surface area contributed by atoms with Crippen LogP contribution in [0.2, 0.25) is 0 Å². The van der Waals surface area contributed by atoms with Gasteiger partial charge in [-0.1, -0.05) is 0 Å². The van der Waals surface area contributed by atoms with E-state index >= 15 is 0 Å². The van der Waals surface area contributed by atoms with Crippen LogP contribution in [0, 0.1) is 0 Å². The topological polar surface area (TPSA) is 101 Å². The van der Waals surface area contributed by atoms with Crippen molar-refractivity contribution in [3.63, 3.8) is 0 Å².